The molecule has 2 N–H and O–H groups in total. The van der Waals surface area contributed by atoms with Crippen molar-refractivity contribution in [2.75, 3.05) is 33.2 Å². The highest BCUT2D eigenvalue weighted by Gasteiger charge is 2.09. The normalized spacial score (nSPS) is 12.7. The number of likely N-dealkylation sites (N-methyl/N-ethyl adjacent to an activating group) is 1. The van der Waals surface area contributed by atoms with Gasteiger partial charge in [0.15, 0.2) is 5.96 Å². The summed E-state index contributed by atoms with van der Waals surface area (Å²) in [4.78, 5) is 6.78. The van der Waals surface area contributed by atoms with E-state index in [1.165, 1.54) is 17.5 Å². The zero-order valence-electron chi connectivity index (χ0n) is 15.2. The van der Waals surface area contributed by atoms with E-state index < -0.39 is 0 Å². The van der Waals surface area contributed by atoms with Crippen LogP contribution in [-0.2, 0) is 0 Å². The van der Waals surface area contributed by atoms with Crippen molar-refractivity contribution in [3.05, 3.63) is 35.4 Å². The number of hydrogen-bond acceptors (Lipinski definition) is 2. The first kappa shape index (κ1) is 22.2. The van der Waals surface area contributed by atoms with Crippen LogP contribution < -0.4 is 10.6 Å². The molecule has 132 valence electrons. The van der Waals surface area contributed by atoms with Crippen LogP contribution in [0.2, 0.25) is 0 Å². The largest absolute Gasteiger partial charge is 0.355 e. The number of guanidine groups is 1. The molecule has 0 aliphatic rings. The topological polar surface area (TPSA) is 39.7 Å². The standard InChI is InChI=1S/C18H32N4.HI/c1-6-13-22(7-2)14-12-20-18(19-5)21-16(4)17-11-9-8-10-15(17)3;/h8-11,16H,6-7,12-14H2,1-5H3,(H2,19,20,21);1H. The van der Waals surface area contributed by atoms with E-state index in [1.807, 2.05) is 7.05 Å². The summed E-state index contributed by atoms with van der Waals surface area (Å²) >= 11 is 0. The van der Waals surface area contributed by atoms with Crippen LogP contribution in [-0.4, -0.2) is 44.1 Å². The molecule has 0 aliphatic heterocycles. The summed E-state index contributed by atoms with van der Waals surface area (Å²) in [5.74, 6) is 0.864. The Hall–Kier alpha value is -0.820. The first-order valence-corrected chi connectivity index (χ1v) is 8.37. The molecule has 0 bridgehead atoms. The Balaban J connectivity index is 0.00000484. The van der Waals surface area contributed by atoms with Gasteiger partial charge in [0.2, 0.25) is 0 Å². The van der Waals surface area contributed by atoms with Gasteiger partial charge in [-0.15, -0.1) is 24.0 Å². The molecular weight excluding hydrogens is 399 g/mol. The van der Waals surface area contributed by atoms with Gasteiger partial charge >= 0.3 is 0 Å². The van der Waals surface area contributed by atoms with E-state index in [-0.39, 0.29) is 30.0 Å². The summed E-state index contributed by atoms with van der Waals surface area (Å²) in [6.07, 6.45) is 1.20. The predicted octanol–water partition coefficient (Wildman–Crippen LogP) is 3.57. The summed E-state index contributed by atoms with van der Waals surface area (Å²) in [6, 6.07) is 8.71. The third kappa shape index (κ3) is 8.01. The van der Waals surface area contributed by atoms with Crippen LogP contribution >= 0.6 is 24.0 Å². The fourth-order valence-corrected chi connectivity index (χ4v) is 2.63. The highest BCUT2D eigenvalue weighted by molar-refractivity contribution is 14.0. The lowest BCUT2D eigenvalue weighted by molar-refractivity contribution is 0.293. The van der Waals surface area contributed by atoms with E-state index in [9.17, 15) is 0 Å². The minimum absolute atomic E-state index is 0. The van der Waals surface area contributed by atoms with Crippen LogP contribution in [0, 0.1) is 6.92 Å². The predicted molar refractivity (Wildman–Crippen MR) is 112 cm³/mol. The third-order valence-corrected chi connectivity index (χ3v) is 3.94. The second kappa shape index (κ2) is 12.6. The van der Waals surface area contributed by atoms with Crippen molar-refractivity contribution >= 4 is 29.9 Å². The zero-order chi connectivity index (χ0) is 16.4. The number of nitrogens with zero attached hydrogens (tertiary/aromatic N) is 2. The van der Waals surface area contributed by atoms with E-state index in [4.69, 9.17) is 0 Å². The van der Waals surface area contributed by atoms with Gasteiger partial charge in [-0.3, -0.25) is 4.99 Å². The lowest BCUT2D eigenvalue weighted by atomic mass is 10.0. The van der Waals surface area contributed by atoms with Crippen LogP contribution in [0.1, 0.15) is 44.4 Å². The summed E-state index contributed by atoms with van der Waals surface area (Å²) in [5, 5.41) is 6.88. The lowest BCUT2D eigenvalue weighted by Gasteiger charge is -2.22. The minimum Gasteiger partial charge on any atom is -0.355 e. The number of rotatable bonds is 8. The van der Waals surface area contributed by atoms with E-state index in [0.717, 1.165) is 32.1 Å². The van der Waals surface area contributed by atoms with E-state index >= 15 is 0 Å². The Morgan fingerprint density at radius 1 is 1.22 bits per heavy atom. The van der Waals surface area contributed by atoms with Gasteiger partial charge in [0.05, 0.1) is 6.04 Å². The van der Waals surface area contributed by atoms with Crippen LogP contribution in [0.5, 0.6) is 0 Å². The van der Waals surface area contributed by atoms with Crippen molar-refractivity contribution in [1.29, 1.82) is 0 Å². The number of nitrogens with one attached hydrogen (secondary N) is 2. The van der Waals surface area contributed by atoms with Crippen molar-refractivity contribution in [3.8, 4) is 0 Å². The lowest BCUT2D eigenvalue weighted by Crippen LogP contribution is -2.42. The highest BCUT2D eigenvalue weighted by atomic mass is 127. The minimum atomic E-state index is 0. The van der Waals surface area contributed by atoms with Crippen LogP contribution in [0.25, 0.3) is 0 Å². The number of aryl methyl sites for hydroxylation is 1. The maximum absolute atomic E-state index is 4.33. The summed E-state index contributed by atoms with van der Waals surface area (Å²) in [5.41, 5.74) is 2.62. The number of hydrogen-bond donors (Lipinski definition) is 2. The van der Waals surface area contributed by atoms with Gasteiger partial charge in [-0.2, -0.15) is 0 Å². The molecule has 1 aromatic carbocycles. The Bertz CT molecular complexity index is 462. The van der Waals surface area contributed by atoms with Crippen LogP contribution in [0.3, 0.4) is 0 Å². The smallest absolute Gasteiger partial charge is 0.191 e. The maximum Gasteiger partial charge on any atom is 0.191 e. The summed E-state index contributed by atoms with van der Waals surface area (Å²) < 4.78 is 0. The van der Waals surface area contributed by atoms with Crippen molar-refractivity contribution in [2.45, 2.75) is 40.2 Å². The molecule has 0 spiro atoms. The number of halogens is 1. The van der Waals surface area contributed by atoms with Crippen molar-refractivity contribution in [1.82, 2.24) is 15.5 Å². The molecule has 0 amide bonds. The quantitative estimate of drug-likeness (QED) is 0.375. The Kier molecular flexibility index (Phi) is 12.1. The van der Waals surface area contributed by atoms with Crippen LogP contribution in [0.4, 0.5) is 0 Å². The molecule has 0 aromatic heterocycles. The maximum atomic E-state index is 4.33. The molecule has 1 atom stereocenters. The molecule has 1 aromatic rings. The average molecular weight is 432 g/mol. The van der Waals surface area contributed by atoms with Gasteiger partial charge in [0.25, 0.3) is 0 Å². The van der Waals surface area contributed by atoms with Gasteiger partial charge in [-0.05, 0) is 44.5 Å². The van der Waals surface area contributed by atoms with E-state index in [1.54, 1.807) is 0 Å². The molecule has 0 fully saturated rings. The van der Waals surface area contributed by atoms with Gasteiger partial charge in [-0.25, -0.2) is 0 Å². The molecule has 0 aliphatic carbocycles. The molecular formula is C18H33IN4. The monoisotopic (exact) mass is 432 g/mol. The van der Waals surface area contributed by atoms with Crippen molar-refractivity contribution in [3.63, 3.8) is 0 Å². The molecule has 1 rings (SSSR count). The second-order valence-electron chi connectivity index (χ2n) is 5.66. The molecule has 4 nitrogen and oxygen atoms in total. The van der Waals surface area contributed by atoms with Crippen LogP contribution in [0.15, 0.2) is 29.3 Å². The molecule has 23 heavy (non-hydrogen) atoms. The Morgan fingerprint density at radius 3 is 2.48 bits per heavy atom. The molecule has 5 heteroatoms. The van der Waals surface area contributed by atoms with E-state index in [0.29, 0.717) is 0 Å². The average Bonchev–Trinajstić information content (AvgIpc) is 2.53. The third-order valence-electron chi connectivity index (χ3n) is 3.94. The Labute approximate surface area is 159 Å². The second-order valence-corrected chi connectivity index (χ2v) is 5.66. The highest BCUT2D eigenvalue weighted by Crippen LogP contribution is 2.16. The molecule has 0 saturated heterocycles. The first-order chi connectivity index (χ1) is 10.6. The van der Waals surface area contributed by atoms with Crippen molar-refractivity contribution < 1.29 is 0 Å². The number of benzene rings is 1. The van der Waals surface area contributed by atoms with Gasteiger partial charge < -0.3 is 15.5 Å². The SMILES string of the molecule is CCCN(CC)CCNC(=NC)NC(C)c1ccccc1C.I. The fraction of sp³-hybridized carbons (Fsp3) is 0.611. The van der Waals surface area contributed by atoms with Gasteiger partial charge in [0.1, 0.15) is 0 Å². The molecule has 0 heterocycles. The number of aliphatic imine (C=N–C) groups is 1. The van der Waals surface area contributed by atoms with Crippen molar-refractivity contribution in [2.24, 2.45) is 4.99 Å². The Morgan fingerprint density at radius 2 is 1.91 bits per heavy atom. The first-order valence-electron chi connectivity index (χ1n) is 8.37. The summed E-state index contributed by atoms with van der Waals surface area (Å²) in [6.45, 7) is 13.0. The zero-order valence-corrected chi connectivity index (χ0v) is 17.6. The molecule has 1 unspecified atom stereocenters. The van der Waals surface area contributed by atoms with Gasteiger partial charge in [0, 0.05) is 20.1 Å². The fourth-order valence-electron chi connectivity index (χ4n) is 2.63. The molecule has 0 radical (unpaired) electrons. The summed E-state index contributed by atoms with van der Waals surface area (Å²) in [7, 11) is 1.82. The molecule has 0 saturated carbocycles. The van der Waals surface area contributed by atoms with E-state index in [2.05, 4.69) is 72.5 Å². The van der Waals surface area contributed by atoms with Gasteiger partial charge in [-0.1, -0.05) is 38.1 Å².